The lowest BCUT2D eigenvalue weighted by Crippen LogP contribution is -2.26. The Morgan fingerprint density at radius 3 is 1.21 bits per heavy atom. The summed E-state index contributed by atoms with van der Waals surface area (Å²) in [4.78, 5) is 136. The molecule has 10 rings (SSSR count). The molecule has 3 aromatic heterocycles. The summed E-state index contributed by atoms with van der Waals surface area (Å²) < 4.78 is 18.4. The van der Waals surface area contributed by atoms with Gasteiger partial charge in [-0.2, -0.15) is 0 Å². The van der Waals surface area contributed by atoms with Crippen LogP contribution in [-0.4, -0.2) is 136 Å². The number of ether oxygens (including phenoxy) is 4. The summed E-state index contributed by atoms with van der Waals surface area (Å²) in [5.74, 6) is -2.76. The van der Waals surface area contributed by atoms with Gasteiger partial charge in [-0.15, -0.1) is 0 Å². The van der Waals surface area contributed by atoms with E-state index >= 15 is 0 Å². The number of nitrogens with one attached hydrogen (secondary N) is 2. The number of hydrogen-bond donors (Lipinski definition) is 6. The Kier molecular flexibility index (Phi) is 23.5. The predicted octanol–water partition coefficient (Wildman–Crippen LogP) is 5.90. The third-order valence-corrected chi connectivity index (χ3v) is 14.6. The maximum absolute atomic E-state index is 12.7. The van der Waals surface area contributed by atoms with Crippen LogP contribution in [0, 0.1) is 0 Å². The van der Waals surface area contributed by atoms with E-state index in [1.807, 2.05) is 12.1 Å². The summed E-state index contributed by atoms with van der Waals surface area (Å²) >= 11 is 3.26. The van der Waals surface area contributed by atoms with E-state index in [-0.39, 0.29) is 49.6 Å². The van der Waals surface area contributed by atoms with E-state index in [9.17, 15) is 47.9 Å². The summed E-state index contributed by atoms with van der Waals surface area (Å²) in [6.45, 7) is 2.65. The van der Waals surface area contributed by atoms with Crippen molar-refractivity contribution in [1.29, 1.82) is 0 Å². The van der Waals surface area contributed by atoms with E-state index in [2.05, 4.69) is 60.5 Å². The standard InChI is InChI=1S/C19H20N4O4.C18H18N4O4.C16H15N3O3.C11H11BrO4/c1-27-17(24)7-8-21-18(25)12-5-6-13-10-23(19(26)15(13)9-12)11-14-3-2-4-16(20)22-14;19-15-3-1-2-13(21-15)10-22-9-12-5-4-11(8-14(12)18(22)26)17(25)20-7-6-16(23)24;1-22-16(21)10-5-6-11-8-19(15(20)13(11)7-10)9-12-3-2-4-14(17)18-12;1-15-10(13)7-3-4-8(6-12)9(5-7)11(14)16-2/h2-6,9H,7-8,10-11H2,1H3,(H2,20,22)(H,21,25);1-5,8H,6-7,9-10H2,(H2,19,21)(H,20,25)(H,23,24);2-7H,8-9H2,1H3,(H2,17,18);3-5H,6H2,1-2H3. The number of carboxylic acids is 1. The van der Waals surface area contributed by atoms with Crippen molar-refractivity contribution in [3.05, 3.63) is 211 Å². The first-order valence-electron chi connectivity index (χ1n) is 27.8. The molecule has 0 atom stereocenters. The van der Waals surface area contributed by atoms with Crippen LogP contribution in [0.25, 0.3) is 0 Å². The fourth-order valence-corrected chi connectivity index (χ4v) is 9.93. The average Bonchev–Trinajstić information content (AvgIpc) is 2.11. The summed E-state index contributed by atoms with van der Waals surface area (Å²) in [5, 5.41) is 14.3. The van der Waals surface area contributed by atoms with Crippen LogP contribution in [0.15, 0.2) is 127 Å². The van der Waals surface area contributed by atoms with Gasteiger partial charge in [-0.05, 0) is 107 Å². The van der Waals surface area contributed by atoms with Crippen LogP contribution >= 0.6 is 15.9 Å². The fraction of sp³-hybridized carbons (Fsp3) is 0.234. The number of aromatic nitrogens is 3. The summed E-state index contributed by atoms with van der Waals surface area (Å²) in [6, 6.07) is 35.6. The van der Waals surface area contributed by atoms with Gasteiger partial charge in [-0.1, -0.05) is 58.4 Å². The van der Waals surface area contributed by atoms with Crippen LogP contribution in [0.3, 0.4) is 0 Å². The number of methoxy groups -OCH3 is 4. The van der Waals surface area contributed by atoms with Crippen LogP contribution in [-0.2, 0) is 73.1 Å². The minimum atomic E-state index is -0.986. The zero-order chi connectivity index (χ0) is 65.9. The average molecular weight is 1310 g/mol. The molecule has 0 unspecified atom stereocenters. The zero-order valence-electron chi connectivity index (χ0n) is 49.9. The maximum Gasteiger partial charge on any atom is 0.338 e. The monoisotopic (exact) mass is 1310 g/mol. The first kappa shape index (κ1) is 67.4. The molecule has 7 aromatic rings. The highest BCUT2D eigenvalue weighted by Crippen LogP contribution is 2.29. The molecule has 0 aliphatic carbocycles. The number of nitrogen functional groups attached to an aromatic ring is 3. The molecule has 3 aliphatic rings. The van der Waals surface area contributed by atoms with Gasteiger partial charge in [-0.3, -0.25) is 33.6 Å². The van der Waals surface area contributed by atoms with Crippen molar-refractivity contribution in [1.82, 2.24) is 40.3 Å². The number of rotatable bonds is 18. The first-order valence-corrected chi connectivity index (χ1v) is 29.0. The Morgan fingerprint density at radius 2 is 0.846 bits per heavy atom. The van der Waals surface area contributed by atoms with Crippen LogP contribution in [0.5, 0.6) is 0 Å². The third kappa shape index (κ3) is 18.0. The molecule has 472 valence electrons. The van der Waals surface area contributed by atoms with Crippen molar-refractivity contribution in [3.8, 4) is 0 Å². The second-order valence-corrected chi connectivity index (χ2v) is 20.8. The molecule has 91 heavy (non-hydrogen) atoms. The van der Waals surface area contributed by atoms with Gasteiger partial charge in [0, 0.05) is 65.9 Å². The molecule has 0 bridgehead atoms. The number of aliphatic carboxylic acids is 1. The van der Waals surface area contributed by atoms with E-state index < -0.39 is 35.8 Å². The smallest absolute Gasteiger partial charge is 0.338 e. The topological polar surface area (TPSA) is 378 Å². The predicted molar refractivity (Wildman–Crippen MR) is 333 cm³/mol. The molecule has 0 spiro atoms. The molecule has 0 saturated carbocycles. The lowest BCUT2D eigenvalue weighted by Gasteiger charge is -2.15. The van der Waals surface area contributed by atoms with E-state index in [4.69, 9.17) is 22.3 Å². The highest BCUT2D eigenvalue weighted by Gasteiger charge is 2.32. The normalized spacial score (nSPS) is 12.3. The number of anilines is 3. The molecular weight excluding hydrogens is 1240 g/mol. The first-order chi connectivity index (χ1) is 43.6. The number of pyridine rings is 3. The van der Waals surface area contributed by atoms with E-state index in [0.717, 1.165) is 27.9 Å². The van der Waals surface area contributed by atoms with Gasteiger partial charge in [0.05, 0.1) is 94.7 Å². The van der Waals surface area contributed by atoms with E-state index in [1.165, 1.54) is 34.5 Å². The van der Waals surface area contributed by atoms with Crippen LogP contribution < -0.4 is 27.8 Å². The third-order valence-electron chi connectivity index (χ3n) is 14.0. The lowest BCUT2D eigenvalue weighted by molar-refractivity contribution is -0.140. The van der Waals surface area contributed by atoms with Gasteiger partial charge >= 0.3 is 29.8 Å². The molecule has 27 heteroatoms. The molecule has 0 saturated heterocycles. The van der Waals surface area contributed by atoms with Crippen molar-refractivity contribution < 1.29 is 72.0 Å². The highest BCUT2D eigenvalue weighted by molar-refractivity contribution is 9.08. The van der Waals surface area contributed by atoms with Gasteiger partial charge in [0.15, 0.2) is 0 Å². The second-order valence-electron chi connectivity index (χ2n) is 20.2. The number of esters is 4. The molecule has 5 amide bonds. The number of halogens is 1. The molecule has 0 radical (unpaired) electrons. The molecule has 9 N–H and O–H groups in total. The maximum atomic E-state index is 12.7. The molecule has 6 heterocycles. The molecule has 0 fully saturated rings. The summed E-state index contributed by atoms with van der Waals surface area (Å²) in [6.07, 6.45) is -0.0658. The van der Waals surface area contributed by atoms with Crippen molar-refractivity contribution in [2.24, 2.45) is 0 Å². The number of hydrogen-bond acceptors (Lipinski definition) is 20. The Balaban J connectivity index is 0.000000175. The van der Waals surface area contributed by atoms with Gasteiger partial charge < -0.3 is 66.6 Å². The number of nitrogens with zero attached hydrogens (tertiary/aromatic N) is 6. The van der Waals surface area contributed by atoms with Crippen LogP contribution in [0.4, 0.5) is 17.5 Å². The van der Waals surface area contributed by atoms with Gasteiger partial charge in [-0.25, -0.2) is 29.3 Å². The van der Waals surface area contributed by atoms with Crippen LogP contribution in [0.2, 0.25) is 0 Å². The number of carbonyl (C=O) groups excluding carboxylic acids is 9. The minimum Gasteiger partial charge on any atom is -0.481 e. The lowest BCUT2D eigenvalue weighted by atomic mass is 10.1. The number of nitrogens with two attached hydrogens (primary N) is 3. The Bertz CT molecular complexity index is 3940. The fourth-order valence-electron chi connectivity index (χ4n) is 9.44. The van der Waals surface area contributed by atoms with E-state index in [1.54, 1.807) is 124 Å². The van der Waals surface area contributed by atoms with Crippen molar-refractivity contribution in [3.63, 3.8) is 0 Å². The molecule has 3 aliphatic heterocycles. The van der Waals surface area contributed by atoms with Crippen LogP contribution in [0.1, 0.15) is 135 Å². The summed E-state index contributed by atoms with van der Waals surface area (Å²) in [5.41, 5.74) is 25.7. The van der Waals surface area contributed by atoms with Gasteiger partial charge in [0.1, 0.15) is 17.5 Å². The van der Waals surface area contributed by atoms with Crippen molar-refractivity contribution in [2.75, 3.05) is 58.7 Å². The second kappa shape index (κ2) is 31.7. The number of carboxylic acid groups (broad SMARTS) is 1. The zero-order valence-corrected chi connectivity index (χ0v) is 51.4. The molecule has 4 aromatic carbocycles. The Morgan fingerprint density at radius 1 is 0.484 bits per heavy atom. The highest BCUT2D eigenvalue weighted by atomic mass is 79.9. The van der Waals surface area contributed by atoms with Gasteiger partial charge in [0.25, 0.3) is 29.5 Å². The Hall–Kier alpha value is -11.1. The number of amides is 5. The number of alkyl halides is 1. The summed E-state index contributed by atoms with van der Waals surface area (Å²) in [7, 11) is 5.19. The number of benzene rings is 4. The Labute approximate surface area is 530 Å². The van der Waals surface area contributed by atoms with E-state index in [0.29, 0.717) is 118 Å². The molecule has 26 nitrogen and oxygen atoms in total. The van der Waals surface area contributed by atoms with Crippen molar-refractivity contribution in [2.45, 2.75) is 57.4 Å². The minimum absolute atomic E-state index is 0.0341. The quantitative estimate of drug-likeness (QED) is 0.0331. The van der Waals surface area contributed by atoms with Gasteiger partial charge in [0.2, 0.25) is 0 Å². The van der Waals surface area contributed by atoms with Crippen molar-refractivity contribution >= 4 is 92.8 Å². The number of fused-ring (bicyclic) bond motifs is 3. The SMILES string of the molecule is COC(=O)CCNC(=O)c1ccc2c(c1)C(=O)N(Cc1cccc(N)n1)C2.COC(=O)c1ccc(CBr)c(C(=O)OC)c1.COC(=O)c1ccc2c(c1)C(=O)N(Cc1cccc(N)n1)C2.Nc1cccc(CN2Cc3ccc(C(=O)NCCC(=O)O)cc3C2=O)n1. The number of carbonyl (C=O) groups is 10. The molecular formula is C64H64BrN11O15. The largest absolute Gasteiger partial charge is 0.481 e.